The lowest BCUT2D eigenvalue weighted by Gasteiger charge is -2.53. The van der Waals surface area contributed by atoms with Gasteiger partial charge in [0.1, 0.15) is 5.41 Å². The van der Waals surface area contributed by atoms with E-state index >= 15 is 0 Å². The molecule has 0 bridgehead atoms. The van der Waals surface area contributed by atoms with Gasteiger partial charge in [-0.2, -0.15) is 11.8 Å². The number of carbonyl (C=O) groups excluding carboxylic acids is 3. The SMILES string of the molecule is COC(=O)[C@]12C[C@H](CC(=O)N3CCSCC3)C(=O)N(Cc3ccc4c(c3)OCO4)C1=C[C@H](C(C)(C)C)O[C@@H]2C. The smallest absolute Gasteiger partial charge is 0.320 e. The lowest BCUT2D eigenvalue weighted by Crippen LogP contribution is -2.61. The van der Waals surface area contributed by atoms with E-state index in [1.165, 1.54) is 7.11 Å². The largest absolute Gasteiger partial charge is 0.468 e. The molecule has 2 amide bonds. The molecule has 0 aliphatic carbocycles. The second-order valence-corrected chi connectivity index (χ2v) is 13.0. The number of benzene rings is 1. The number of hydrogen-bond donors (Lipinski definition) is 0. The summed E-state index contributed by atoms with van der Waals surface area (Å²) in [5, 5.41) is 0. The van der Waals surface area contributed by atoms with E-state index in [1.807, 2.05) is 47.9 Å². The first kappa shape index (κ1) is 27.8. The zero-order chi connectivity index (χ0) is 27.9. The van der Waals surface area contributed by atoms with Gasteiger partial charge in [-0.15, -0.1) is 0 Å². The van der Waals surface area contributed by atoms with Crippen LogP contribution in [0.15, 0.2) is 30.0 Å². The number of hydrogen-bond acceptors (Lipinski definition) is 8. The normalized spacial score (nSPS) is 28.6. The third kappa shape index (κ3) is 5.13. The summed E-state index contributed by atoms with van der Waals surface area (Å²) >= 11 is 1.82. The standard InChI is InChI=1S/C29H38N2O7S/c1-18-29(27(34)35-5)15-20(13-25(32)30-8-10-39-11-9-30)26(33)31(23(29)14-24(38-18)28(2,3)4)16-19-6-7-21-22(12-19)37-17-36-21/h6-7,12,14,18,20,24H,8-11,13,15-17H2,1-5H3/t18-,20+,24-,29+/m1/s1. The zero-order valence-corrected chi connectivity index (χ0v) is 24.2. The fourth-order valence-electron chi connectivity index (χ4n) is 5.98. The Hall–Kier alpha value is -2.72. The summed E-state index contributed by atoms with van der Waals surface area (Å²) in [4.78, 5) is 44.7. The summed E-state index contributed by atoms with van der Waals surface area (Å²) in [5.41, 5.74) is -0.0629. The molecule has 0 spiro atoms. The number of methoxy groups -OCH3 is 1. The van der Waals surface area contributed by atoms with Gasteiger partial charge in [0.05, 0.1) is 25.9 Å². The first-order valence-electron chi connectivity index (χ1n) is 13.6. The average Bonchev–Trinajstić information content (AvgIpc) is 3.38. The second-order valence-electron chi connectivity index (χ2n) is 11.8. The van der Waals surface area contributed by atoms with E-state index in [0.29, 0.717) is 30.3 Å². The first-order valence-corrected chi connectivity index (χ1v) is 14.7. The van der Waals surface area contributed by atoms with Gasteiger partial charge >= 0.3 is 5.97 Å². The maximum Gasteiger partial charge on any atom is 0.320 e. The van der Waals surface area contributed by atoms with Crippen LogP contribution in [0.3, 0.4) is 0 Å². The van der Waals surface area contributed by atoms with Crippen LogP contribution in [0.5, 0.6) is 11.5 Å². The highest BCUT2D eigenvalue weighted by molar-refractivity contribution is 7.99. The molecule has 10 heteroatoms. The van der Waals surface area contributed by atoms with Gasteiger partial charge in [-0.25, -0.2) is 0 Å². The van der Waals surface area contributed by atoms with Crippen molar-refractivity contribution in [1.82, 2.24) is 9.80 Å². The average molecular weight is 559 g/mol. The quantitative estimate of drug-likeness (QED) is 0.506. The molecule has 2 saturated heterocycles. The molecule has 1 aromatic rings. The van der Waals surface area contributed by atoms with Gasteiger partial charge in [-0.05, 0) is 42.5 Å². The topological polar surface area (TPSA) is 94.6 Å². The highest BCUT2D eigenvalue weighted by atomic mass is 32.2. The number of thioether (sulfide) groups is 1. The Labute approximate surface area is 234 Å². The predicted octanol–water partition coefficient (Wildman–Crippen LogP) is 3.61. The van der Waals surface area contributed by atoms with Crippen LogP contribution >= 0.6 is 11.8 Å². The highest BCUT2D eigenvalue weighted by Crippen LogP contribution is 2.52. The van der Waals surface area contributed by atoms with Gasteiger partial charge in [0, 0.05) is 42.6 Å². The van der Waals surface area contributed by atoms with E-state index < -0.39 is 23.4 Å². The molecule has 4 atom stereocenters. The molecule has 2 fully saturated rings. The van der Waals surface area contributed by atoms with Crippen molar-refractivity contribution in [2.24, 2.45) is 16.7 Å². The maximum atomic E-state index is 14.2. The Balaban J connectivity index is 1.56. The van der Waals surface area contributed by atoms with E-state index in [1.54, 1.807) is 4.90 Å². The highest BCUT2D eigenvalue weighted by Gasteiger charge is 2.60. The Bertz CT molecular complexity index is 1170. The number of rotatable bonds is 5. The lowest BCUT2D eigenvalue weighted by molar-refractivity contribution is -0.180. The second kappa shape index (κ2) is 10.7. The van der Waals surface area contributed by atoms with Crippen LogP contribution in [0.4, 0.5) is 0 Å². The van der Waals surface area contributed by atoms with Crippen LogP contribution < -0.4 is 9.47 Å². The summed E-state index contributed by atoms with van der Waals surface area (Å²) in [7, 11) is 1.36. The van der Waals surface area contributed by atoms with E-state index in [2.05, 4.69) is 20.8 Å². The van der Waals surface area contributed by atoms with E-state index in [4.69, 9.17) is 18.9 Å². The van der Waals surface area contributed by atoms with E-state index in [9.17, 15) is 14.4 Å². The van der Waals surface area contributed by atoms with Crippen LogP contribution in [0.1, 0.15) is 46.1 Å². The third-order valence-electron chi connectivity index (χ3n) is 8.25. The number of amides is 2. The van der Waals surface area contributed by atoms with Gasteiger partial charge < -0.3 is 28.7 Å². The van der Waals surface area contributed by atoms with Crippen LogP contribution in [-0.4, -0.2) is 78.3 Å². The molecule has 4 aliphatic heterocycles. The van der Waals surface area contributed by atoms with Gasteiger partial charge in [0.15, 0.2) is 11.5 Å². The van der Waals surface area contributed by atoms with Crippen molar-refractivity contribution in [2.45, 2.75) is 59.3 Å². The van der Waals surface area contributed by atoms with Crippen LogP contribution in [0.25, 0.3) is 0 Å². The van der Waals surface area contributed by atoms with Crippen molar-refractivity contribution in [3.63, 3.8) is 0 Å². The van der Waals surface area contributed by atoms with E-state index in [0.717, 1.165) is 17.1 Å². The molecule has 4 aliphatic rings. The minimum atomic E-state index is -1.22. The Morgan fingerprint density at radius 1 is 1.15 bits per heavy atom. The molecular formula is C29H38N2O7S. The number of piperidine rings is 1. The van der Waals surface area contributed by atoms with Gasteiger partial charge in [0.2, 0.25) is 18.6 Å². The van der Waals surface area contributed by atoms with Gasteiger partial charge in [-0.3, -0.25) is 14.4 Å². The van der Waals surface area contributed by atoms with Crippen molar-refractivity contribution in [2.75, 3.05) is 38.5 Å². The predicted molar refractivity (Wildman–Crippen MR) is 146 cm³/mol. The van der Waals surface area contributed by atoms with Crippen molar-refractivity contribution >= 4 is 29.5 Å². The molecule has 212 valence electrons. The van der Waals surface area contributed by atoms with Crippen molar-refractivity contribution < 1.29 is 33.3 Å². The monoisotopic (exact) mass is 558 g/mol. The minimum absolute atomic E-state index is 0.0442. The van der Waals surface area contributed by atoms with Crippen molar-refractivity contribution in [1.29, 1.82) is 0 Å². The summed E-state index contributed by atoms with van der Waals surface area (Å²) in [6.07, 6.45) is 1.24. The Kier molecular flexibility index (Phi) is 7.63. The maximum absolute atomic E-state index is 14.2. The number of fused-ring (bicyclic) bond motifs is 2. The Morgan fingerprint density at radius 3 is 2.56 bits per heavy atom. The molecule has 0 N–H and O–H groups in total. The number of nitrogens with zero attached hydrogens (tertiary/aromatic N) is 2. The Morgan fingerprint density at radius 2 is 1.87 bits per heavy atom. The van der Waals surface area contributed by atoms with E-state index in [-0.39, 0.29) is 49.5 Å². The lowest BCUT2D eigenvalue weighted by atomic mass is 9.65. The first-order chi connectivity index (χ1) is 18.5. The molecule has 39 heavy (non-hydrogen) atoms. The van der Waals surface area contributed by atoms with Crippen LogP contribution in [-0.2, 0) is 30.4 Å². The summed E-state index contributed by atoms with van der Waals surface area (Å²) < 4.78 is 22.9. The van der Waals surface area contributed by atoms with Gasteiger partial charge in [0.25, 0.3) is 0 Å². The summed E-state index contributed by atoms with van der Waals surface area (Å²) in [5.74, 6) is 1.69. The van der Waals surface area contributed by atoms with Crippen molar-refractivity contribution in [3.05, 3.63) is 35.5 Å². The molecule has 0 aromatic heterocycles. The number of likely N-dealkylation sites (tertiary alicyclic amines) is 1. The molecule has 1 aromatic carbocycles. The molecule has 9 nitrogen and oxygen atoms in total. The molecule has 0 saturated carbocycles. The fourth-order valence-corrected chi connectivity index (χ4v) is 6.88. The fraction of sp³-hybridized carbons (Fsp3) is 0.621. The third-order valence-corrected chi connectivity index (χ3v) is 9.19. The van der Waals surface area contributed by atoms with Crippen LogP contribution in [0, 0.1) is 16.7 Å². The number of esters is 1. The molecular weight excluding hydrogens is 520 g/mol. The summed E-state index contributed by atoms with van der Waals surface area (Å²) in [6.45, 7) is 9.79. The molecule has 5 rings (SSSR count). The van der Waals surface area contributed by atoms with Crippen LogP contribution in [0.2, 0.25) is 0 Å². The number of ether oxygens (including phenoxy) is 4. The van der Waals surface area contributed by atoms with Crippen molar-refractivity contribution in [3.8, 4) is 11.5 Å². The summed E-state index contributed by atoms with van der Waals surface area (Å²) in [6, 6.07) is 5.58. The molecule has 0 radical (unpaired) electrons. The molecule has 4 heterocycles. The number of carbonyl (C=O) groups is 3. The zero-order valence-electron chi connectivity index (χ0n) is 23.4. The van der Waals surface area contributed by atoms with Gasteiger partial charge in [-0.1, -0.05) is 26.8 Å². The minimum Gasteiger partial charge on any atom is -0.468 e. The molecule has 0 unspecified atom stereocenters.